The molecule has 132 valence electrons. The quantitative estimate of drug-likeness (QED) is 0.770. The molecule has 1 aromatic carbocycles. The number of nitrogens with one attached hydrogen (secondary N) is 1. The Kier molecular flexibility index (Phi) is 6.71. The fourth-order valence-corrected chi connectivity index (χ4v) is 2.87. The summed E-state index contributed by atoms with van der Waals surface area (Å²) in [5.74, 6) is -1.31. The van der Waals surface area contributed by atoms with Crippen LogP contribution in [0.4, 0.5) is 5.69 Å². The average molecular weight is 360 g/mol. The van der Waals surface area contributed by atoms with Gasteiger partial charge >= 0.3 is 5.97 Å². The van der Waals surface area contributed by atoms with E-state index < -0.39 is 12.1 Å². The molecule has 2 amide bonds. The van der Waals surface area contributed by atoms with E-state index in [-0.39, 0.29) is 18.4 Å². The Hall–Kier alpha value is -2.67. The van der Waals surface area contributed by atoms with Gasteiger partial charge in [0.05, 0.1) is 4.88 Å². The molecule has 0 unspecified atom stereocenters. The zero-order valence-electron chi connectivity index (χ0n) is 14.1. The number of anilines is 1. The van der Waals surface area contributed by atoms with Crippen molar-refractivity contribution in [2.75, 3.05) is 18.0 Å². The first-order valence-electron chi connectivity index (χ1n) is 7.90. The molecule has 0 radical (unpaired) electrons. The molecule has 0 aliphatic rings. The molecule has 1 heterocycles. The zero-order valence-corrected chi connectivity index (χ0v) is 14.9. The molecule has 6 nitrogen and oxygen atoms in total. The highest BCUT2D eigenvalue weighted by Gasteiger charge is 2.24. The second kappa shape index (κ2) is 8.98. The van der Waals surface area contributed by atoms with E-state index in [1.807, 2.05) is 37.3 Å². The van der Waals surface area contributed by atoms with Gasteiger partial charge in [-0.1, -0.05) is 24.3 Å². The van der Waals surface area contributed by atoms with Gasteiger partial charge in [0.25, 0.3) is 11.8 Å². The number of hydrogen-bond donors (Lipinski definition) is 1. The lowest BCUT2D eigenvalue weighted by Gasteiger charge is -2.24. The number of likely N-dealkylation sites (N-methyl/N-ethyl adjacent to an activating group) is 1. The Labute approximate surface area is 150 Å². The summed E-state index contributed by atoms with van der Waals surface area (Å²) < 4.78 is 5.14. The first kappa shape index (κ1) is 18.7. The number of benzene rings is 1. The Morgan fingerprint density at radius 3 is 2.48 bits per heavy atom. The van der Waals surface area contributed by atoms with Gasteiger partial charge in [0.2, 0.25) is 0 Å². The number of nitrogens with zero attached hydrogens (tertiary/aromatic N) is 1. The van der Waals surface area contributed by atoms with Crippen LogP contribution in [0.1, 0.15) is 23.5 Å². The van der Waals surface area contributed by atoms with E-state index in [1.165, 1.54) is 18.3 Å². The smallest absolute Gasteiger partial charge is 0.326 e. The second-order valence-electron chi connectivity index (χ2n) is 5.21. The molecule has 1 aromatic heterocycles. The van der Waals surface area contributed by atoms with Crippen LogP contribution < -0.4 is 10.2 Å². The highest BCUT2D eigenvalue weighted by molar-refractivity contribution is 7.12. The van der Waals surface area contributed by atoms with Crippen molar-refractivity contribution in [3.05, 3.63) is 52.7 Å². The minimum Gasteiger partial charge on any atom is -0.451 e. The molecule has 0 bridgehead atoms. The summed E-state index contributed by atoms with van der Waals surface area (Å²) in [7, 11) is 0. The number of carbonyl (C=O) groups excluding carboxylic acids is 3. The first-order valence-corrected chi connectivity index (χ1v) is 8.78. The van der Waals surface area contributed by atoms with Crippen molar-refractivity contribution < 1.29 is 19.1 Å². The third-order valence-corrected chi connectivity index (χ3v) is 4.31. The number of ether oxygens (including phenoxy) is 1. The molecule has 2 aromatic rings. The summed E-state index contributed by atoms with van der Waals surface area (Å²) in [4.78, 5) is 38.2. The second-order valence-corrected chi connectivity index (χ2v) is 6.16. The van der Waals surface area contributed by atoms with Crippen molar-refractivity contribution >= 4 is 34.8 Å². The molecule has 0 aliphatic heterocycles. The van der Waals surface area contributed by atoms with Crippen molar-refractivity contribution in [2.24, 2.45) is 0 Å². The number of hydrogen-bond acceptors (Lipinski definition) is 5. The molecule has 0 saturated heterocycles. The molecule has 1 N–H and O–H groups in total. The number of amides is 2. The van der Waals surface area contributed by atoms with Gasteiger partial charge in [-0.05, 0) is 37.4 Å². The molecule has 25 heavy (non-hydrogen) atoms. The monoisotopic (exact) mass is 360 g/mol. The van der Waals surface area contributed by atoms with E-state index in [0.29, 0.717) is 11.4 Å². The Morgan fingerprint density at radius 1 is 1.16 bits per heavy atom. The first-order chi connectivity index (χ1) is 12.0. The maximum Gasteiger partial charge on any atom is 0.326 e. The Bertz CT molecular complexity index is 716. The van der Waals surface area contributed by atoms with E-state index in [9.17, 15) is 14.4 Å². The van der Waals surface area contributed by atoms with Crippen LogP contribution in [-0.2, 0) is 14.3 Å². The fourth-order valence-electron chi connectivity index (χ4n) is 2.23. The van der Waals surface area contributed by atoms with Gasteiger partial charge in [-0.3, -0.25) is 14.4 Å². The highest BCUT2D eigenvalue weighted by Crippen LogP contribution is 2.15. The molecule has 1 atom stereocenters. The lowest BCUT2D eigenvalue weighted by atomic mass is 10.2. The van der Waals surface area contributed by atoms with Gasteiger partial charge in [-0.15, -0.1) is 11.3 Å². The zero-order chi connectivity index (χ0) is 18.2. The van der Waals surface area contributed by atoms with Crippen LogP contribution in [0, 0.1) is 0 Å². The molecule has 0 spiro atoms. The van der Waals surface area contributed by atoms with Gasteiger partial charge in [-0.2, -0.15) is 0 Å². The van der Waals surface area contributed by atoms with Crippen LogP contribution in [0.3, 0.4) is 0 Å². The minimum atomic E-state index is -0.939. The Balaban J connectivity index is 1.87. The molecule has 0 fully saturated rings. The summed E-state index contributed by atoms with van der Waals surface area (Å²) in [6.07, 6.45) is -0.939. The van der Waals surface area contributed by atoms with Crippen molar-refractivity contribution in [3.8, 4) is 0 Å². The summed E-state index contributed by atoms with van der Waals surface area (Å²) in [5.41, 5.74) is 0.740. The van der Waals surface area contributed by atoms with Gasteiger partial charge in [-0.25, -0.2) is 0 Å². The molecular weight excluding hydrogens is 340 g/mol. The largest absolute Gasteiger partial charge is 0.451 e. The highest BCUT2D eigenvalue weighted by atomic mass is 32.1. The van der Waals surface area contributed by atoms with Crippen LogP contribution in [0.15, 0.2) is 47.8 Å². The van der Waals surface area contributed by atoms with Crippen molar-refractivity contribution in [3.63, 3.8) is 0 Å². The van der Waals surface area contributed by atoms with Gasteiger partial charge in [0, 0.05) is 12.2 Å². The van der Waals surface area contributed by atoms with Crippen LogP contribution in [0.25, 0.3) is 0 Å². The van der Waals surface area contributed by atoms with Crippen molar-refractivity contribution in [1.82, 2.24) is 5.32 Å². The summed E-state index contributed by atoms with van der Waals surface area (Å²) in [6.45, 7) is 3.54. The van der Waals surface area contributed by atoms with Crippen LogP contribution >= 0.6 is 11.3 Å². The van der Waals surface area contributed by atoms with E-state index >= 15 is 0 Å². The number of para-hydroxylation sites is 1. The van der Waals surface area contributed by atoms with Gasteiger partial charge in [0.15, 0.2) is 6.10 Å². The van der Waals surface area contributed by atoms with Crippen molar-refractivity contribution in [1.29, 1.82) is 0 Å². The van der Waals surface area contributed by atoms with E-state index in [1.54, 1.807) is 22.4 Å². The third kappa shape index (κ3) is 5.15. The standard InChI is InChI=1S/C18H20N2O4S/c1-3-20(14-8-5-4-6-9-14)18(23)13(2)24-16(21)12-19-17(22)15-10-7-11-25-15/h4-11,13H,3,12H2,1-2H3,(H,19,22)/t13-/m1/s1. The normalized spacial score (nSPS) is 11.4. The summed E-state index contributed by atoms with van der Waals surface area (Å²) in [5, 5.41) is 4.25. The van der Waals surface area contributed by atoms with Crippen LogP contribution in [-0.4, -0.2) is 37.0 Å². The number of thiophene rings is 1. The lowest BCUT2D eigenvalue weighted by molar-refractivity contribution is -0.152. The van der Waals surface area contributed by atoms with Gasteiger partial charge < -0.3 is 15.0 Å². The molecule has 2 rings (SSSR count). The average Bonchev–Trinajstić information content (AvgIpc) is 3.16. The molecule has 7 heteroatoms. The summed E-state index contributed by atoms with van der Waals surface area (Å²) >= 11 is 1.28. The van der Waals surface area contributed by atoms with E-state index in [2.05, 4.69) is 5.32 Å². The predicted molar refractivity (Wildman–Crippen MR) is 96.7 cm³/mol. The SMILES string of the molecule is CCN(C(=O)[C@@H](C)OC(=O)CNC(=O)c1cccs1)c1ccccc1. The fraction of sp³-hybridized carbons (Fsp3) is 0.278. The minimum absolute atomic E-state index is 0.286. The predicted octanol–water partition coefficient (Wildman–Crippen LogP) is 2.46. The molecule has 0 saturated carbocycles. The van der Waals surface area contributed by atoms with Crippen molar-refractivity contribution in [2.45, 2.75) is 20.0 Å². The summed E-state index contributed by atoms with van der Waals surface area (Å²) in [6, 6.07) is 12.6. The number of rotatable bonds is 7. The lowest BCUT2D eigenvalue weighted by Crippen LogP contribution is -2.41. The third-order valence-electron chi connectivity index (χ3n) is 3.44. The molecular formula is C18H20N2O4S. The topological polar surface area (TPSA) is 75.7 Å². The Morgan fingerprint density at radius 2 is 1.88 bits per heavy atom. The van der Waals surface area contributed by atoms with Crippen LogP contribution in [0.5, 0.6) is 0 Å². The van der Waals surface area contributed by atoms with Crippen LogP contribution in [0.2, 0.25) is 0 Å². The van der Waals surface area contributed by atoms with Gasteiger partial charge in [0.1, 0.15) is 6.54 Å². The van der Waals surface area contributed by atoms with E-state index in [4.69, 9.17) is 4.74 Å². The maximum absolute atomic E-state index is 12.5. The van der Waals surface area contributed by atoms with E-state index in [0.717, 1.165) is 5.69 Å². The maximum atomic E-state index is 12.5. The number of esters is 1. The number of carbonyl (C=O) groups is 3. The molecule has 0 aliphatic carbocycles.